The molecule has 0 nitrogen and oxygen atoms in total. The summed E-state index contributed by atoms with van der Waals surface area (Å²) in [6.45, 7) is 3.76. The molecule has 1 rings (SSSR count). The summed E-state index contributed by atoms with van der Waals surface area (Å²) in [6, 6.07) is 10.2. The third kappa shape index (κ3) is 3.52. The van der Waals surface area contributed by atoms with E-state index in [1.807, 2.05) is 18.2 Å². The molecule has 0 N–H and O–H groups in total. The number of rotatable bonds is 1. The van der Waals surface area contributed by atoms with E-state index in [2.05, 4.69) is 37.0 Å². The zero-order valence-corrected chi connectivity index (χ0v) is 6.64. The second-order valence-corrected chi connectivity index (χ2v) is 1.74. The fourth-order valence-corrected chi connectivity index (χ4v) is 0.645. The lowest BCUT2D eigenvalue weighted by Gasteiger charge is -1.89. The van der Waals surface area contributed by atoms with Gasteiger partial charge in [-0.15, -0.1) is 11.6 Å². The van der Waals surface area contributed by atoms with E-state index in [1.54, 1.807) is 0 Å². The van der Waals surface area contributed by atoms with Crippen LogP contribution in [0.4, 0.5) is 0 Å². The summed E-state index contributed by atoms with van der Waals surface area (Å²) in [6.07, 6.45) is 3.61. The largest absolute Gasteiger partial charge is 0.125 e. The standard InChI is InChI=1S/C8H9.CH2Cl/c1-2-8-6-4-3-5-7-8;1-2/h3-7H,1-2H2;1H2. The highest BCUT2D eigenvalue weighted by Gasteiger charge is 1.80. The van der Waals surface area contributed by atoms with Crippen LogP contribution in [0.2, 0.25) is 0 Å². The van der Waals surface area contributed by atoms with Crippen LogP contribution in [-0.4, -0.2) is 0 Å². The lowest BCUT2D eigenvalue weighted by atomic mass is 10.2. The molecule has 0 aliphatic carbocycles. The van der Waals surface area contributed by atoms with Gasteiger partial charge in [-0.1, -0.05) is 30.3 Å². The molecule has 0 spiro atoms. The maximum atomic E-state index is 4.39. The molecular weight excluding hydrogens is 144 g/mol. The minimum Gasteiger partial charge on any atom is -0.125 e. The van der Waals surface area contributed by atoms with Crippen LogP contribution in [0, 0.1) is 13.3 Å². The highest BCUT2D eigenvalue weighted by Crippen LogP contribution is 1.96. The van der Waals surface area contributed by atoms with Gasteiger partial charge in [-0.3, -0.25) is 0 Å². The fourth-order valence-electron chi connectivity index (χ4n) is 0.645. The molecule has 0 fully saturated rings. The van der Waals surface area contributed by atoms with E-state index >= 15 is 0 Å². The smallest absolute Gasteiger partial charge is 0.0359 e. The minimum absolute atomic E-state index is 0.890. The van der Waals surface area contributed by atoms with E-state index in [-0.39, 0.29) is 0 Å². The summed E-state index contributed by atoms with van der Waals surface area (Å²) in [5, 5.41) is 0. The number of halogens is 1. The Hall–Kier alpha value is -0.490. The Bertz CT molecular complexity index is 146. The van der Waals surface area contributed by atoms with Crippen molar-refractivity contribution in [3.05, 3.63) is 49.2 Å². The van der Waals surface area contributed by atoms with Crippen LogP contribution in [0.25, 0.3) is 0 Å². The van der Waals surface area contributed by atoms with Crippen molar-refractivity contribution in [1.82, 2.24) is 0 Å². The molecular formula is C9H11Cl. The van der Waals surface area contributed by atoms with Crippen molar-refractivity contribution in [3.63, 3.8) is 0 Å². The van der Waals surface area contributed by atoms with Gasteiger partial charge in [0.05, 0.1) is 0 Å². The molecule has 0 heterocycles. The SMILES string of the molecule is [CH2]Cc1ccccc1.[CH2]Cl. The Balaban J connectivity index is 0.000000371. The highest BCUT2D eigenvalue weighted by molar-refractivity contribution is 6.19. The van der Waals surface area contributed by atoms with Gasteiger partial charge in [-0.05, 0) is 18.9 Å². The Kier molecular flexibility index (Phi) is 6.30. The molecule has 0 aliphatic rings. The van der Waals surface area contributed by atoms with Gasteiger partial charge in [0.2, 0.25) is 0 Å². The summed E-state index contributed by atoms with van der Waals surface area (Å²) in [5.41, 5.74) is 1.30. The van der Waals surface area contributed by atoms with Crippen LogP contribution in [0.3, 0.4) is 0 Å². The summed E-state index contributed by atoms with van der Waals surface area (Å²) in [5.74, 6) is 0. The zero-order chi connectivity index (χ0) is 7.82. The molecule has 1 heteroatoms. The second-order valence-electron chi connectivity index (χ2n) is 1.74. The minimum atomic E-state index is 0.890. The highest BCUT2D eigenvalue weighted by atomic mass is 35.5. The van der Waals surface area contributed by atoms with E-state index < -0.39 is 0 Å². The molecule has 0 amide bonds. The molecule has 10 heavy (non-hydrogen) atoms. The summed E-state index contributed by atoms with van der Waals surface area (Å²) in [7, 11) is 0. The molecule has 0 aromatic heterocycles. The van der Waals surface area contributed by atoms with Crippen LogP contribution in [0.5, 0.6) is 0 Å². The van der Waals surface area contributed by atoms with E-state index in [0.717, 1.165) is 6.42 Å². The van der Waals surface area contributed by atoms with Gasteiger partial charge in [-0.25, -0.2) is 0 Å². The number of benzene rings is 1. The van der Waals surface area contributed by atoms with Crippen LogP contribution < -0.4 is 0 Å². The molecule has 0 aliphatic heterocycles. The Morgan fingerprint density at radius 1 is 1.10 bits per heavy atom. The van der Waals surface area contributed by atoms with Gasteiger partial charge >= 0.3 is 0 Å². The van der Waals surface area contributed by atoms with E-state index in [9.17, 15) is 0 Å². The number of hydrogen-bond donors (Lipinski definition) is 0. The first-order valence-corrected chi connectivity index (χ1v) is 3.57. The first-order valence-electron chi connectivity index (χ1n) is 3.03. The van der Waals surface area contributed by atoms with Crippen molar-refractivity contribution in [1.29, 1.82) is 0 Å². The van der Waals surface area contributed by atoms with Crippen molar-refractivity contribution in [2.24, 2.45) is 0 Å². The molecule has 2 radical (unpaired) electrons. The van der Waals surface area contributed by atoms with Gasteiger partial charge in [0, 0.05) is 6.38 Å². The van der Waals surface area contributed by atoms with Gasteiger partial charge in [-0.2, -0.15) is 0 Å². The topological polar surface area (TPSA) is 0 Å². The Labute approximate surface area is 67.8 Å². The van der Waals surface area contributed by atoms with Crippen LogP contribution in [0.15, 0.2) is 30.3 Å². The average molecular weight is 155 g/mol. The van der Waals surface area contributed by atoms with Crippen molar-refractivity contribution < 1.29 is 0 Å². The lowest BCUT2D eigenvalue weighted by molar-refractivity contribution is 1.27. The molecule has 0 saturated carbocycles. The molecule has 0 unspecified atom stereocenters. The molecule has 0 saturated heterocycles. The third-order valence-electron chi connectivity index (χ3n) is 1.13. The van der Waals surface area contributed by atoms with Crippen LogP contribution in [-0.2, 0) is 6.42 Å². The van der Waals surface area contributed by atoms with Crippen molar-refractivity contribution >= 4 is 11.6 Å². The van der Waals surface area contributed by atoms with Gasteiger partial charge in [0.25, 0.3) is 0 Å². The van der Waals surface area contributed by atoms with E-state index in [1.165, 1.54) is 5.56 Å². The first kappa shape index (κ1) is 9.51. The Morgan fingerprint density at radius 3 is 1.90 bits per heavy atom. The molecule has 0 bridgehead atoms. The summed E-state index contributed by atoms with van der Waals surface area (Å²) < 4.78 is 0. The summed E-state index contributed by atoms with van der Waals surface area (Å²) >= 11 is 4.39. The molecule has 0 atom stereocenters. The number of hydrogen-bond acceptors (Lipinski definition) is 0. The maximum absolute atomic E-state index is 4.39. The Morgan fingerprint density at radius 2 is 1.60 bits per heavy atom. The predicted molar refractivity (Wildman–Crippen MR) is 46.7 cm³/mol. The van der Waals surface area contributed by atoms with Gasteiger partial charge in [0.1, 0.15) is 0 Å². The van der Waals surface area contributed by atoms with E-state index in [4.69, 9.17) is 0 Å². The average Bonchev–Trinajstić information content (AvgIpc) is 2.10. The molecule has 1 aromatic carbocycles. The molecule has 54 valence electrons. The van der Waals surface area contributed by atoms with Gasteiger partial charge < -0.3 is 0 Å². The monoisotopic (exact) mass is 154 g/mol. The predicted octanol–water partition coefficient (Wildman–Crippen LogP) is 3.08. The van der Waals surface area contributed by atoms with Crippen molar-refractivity contribution in [2.45, 2.75) is 6.42 Å². The van der Waals surface area contributed by atoms with Crippen LogP contribution in [0.1, 0.15) is 5.56 Å². The quantitative estimate of drug-likeness (QED) is 0.583. The normalized spacial score (nSPS) is 7.90. The molecule has 1 aromatic rings. The first-order chi connectivity index (χ1) is 4.93. The summed E-state index contributed by atoms with van der Waals surface area (Å²) in [4.78, 5) is 0. The maximum Gasteiger partial charge on any atom is 0.0359 e. The third-order valence-corrected chi connectivity index (χ3v) is 1.13. The van der Waals surface area contributed by atoms with E-state index in [0.29, 0.717) is 0 Å². The van der Waals surface area contributed by atoms with Crippen molar-refractivity contribution in [3.8, 4) is 0 Å². The van der Waals surface area contributed by atoms with Crippen molar-refractivity contribution in [2.75, 3.05) is 0 Å². The van der Waals surface area contributed by atoms with Gasteiger partial charge in [0.15, 0.2) is 0 Å². The lowest BCUT2D eigenvalue weighted by Crippen LogP contribution is -1.74. The van der Waals surface area contributed by atoms with Crippen LogP contribution >= 0.6 is 11.6 Å². The second kappa shape index (κ2) is 6.63. The zero-order valence-electron chi connectivity index (χ0n) is 5.89. The fraction of sp³-hybridized carbons (Fsp3) is 0.111.